The molecule has 0 spiro atoms. The zero-order chi connectivity index (χ0) is 21.1. The summed E-state index contributed by atoms with van der Waals surface area (Å²) >= 11 is 0. The number of aryl methyl sites for hydroxylation is 1. The lowest BCUT2D eigenvalue weighted by Crippen LogP contribution is -2.52. The van der Waals surface area contributed by atoms with E-state index in [4.69, 9.17) is 4.74 Å². The Morgan fingerprint density at radius 2 is 1.82 bits per heavy atom. The zero-order valence-electron chi connectivity index (χ0n) is 17.1. The van der Waals surface area contributed by atoms with E-state index in [2.05, 4.69) is 16.5 Å². The topological polar surface area (TPSA) is 97.0 Å². The lowest BCUT2D eigenvalue weighted by molar-refractivity contribution is -0.130. The van der Waals surface area contributed by atoms with Gasteiger partial charge in [-0.2, -0.15) is 10.4 Å². The van der Waals surface area contributed by atoms with Crippen LogP contribution in [0.3, 0.4) is 0 Å². The third-order valence-electron chi connectivity index (χ3n) is 4.92. The number of carbonyl (C=O) groups is 2. The van der Waals surface area contributed by atoms with Crippen molar-refractivity contribution in [1.29, 1.82) is 5.26 Å². The summed E-state index contributed by atoms with van der Waals surface area (Å²) in [5.74, 6) is -1.24. The minimum atomic E-state index is -1.04. The van der Waals surface area contributed by atoms with Crippen LogP contribution in [-0.4, -0.2) is 33.3 Å². The molecule has 28 heavy (non-hydrogen) atoms. The molecule has 1 N–H and O–H groups in total. The van der Waals surface area contributed by atoms with Crippen molar-refractivity contribution in [2.45, 2.75) is 53.2 Å². The highest BCUT2D eigenvalue weighted by Crippen LogP contribution is 2.20. The monoisotopic (exact) mass is 382 g/mol. The Bertz CT molecular complexity index is 912. The molecule has 2 atom stereocenters. The van der Waals surface area contributed by atoms with Gasteiger partial charge in [0.1, 0.15) is 11.1 Å². The highest BCUT2D eigenvalue weighted by molar-refractivity contribution is 5.94. The molecule has 0 aliphatic carbocycles. The molecule has 1 aromatic carbocycles. The smallest absolute Gasteiger partial charge is 0.342 e. The van der Waals surface area contributed by atoms with E-state index in [1.807, 2.05) is 44.2 Å². The van der Waals surface area contributed by atoms with Crippen molar-refractivity contribution in [3.8, 4) is 11.8 Å². The minimum Gasteiger partial charge on any atom is -0.449 e. The third-order valence-corrected chi connectivity index (χ3v) is 4.92. The van der Waals surface area contributed by atoms with E-state index in [9.17, 15) is 14.9 Å². The highest BCUT2D eigenvalue weighted by atomic mass is 16.5. The molecule has 0 aliphatic heterocycles. The third kappa shape index (κ3) is 4.22. The average molecular weight is 382 g/mol. The Hall–Kier alpha value is -3.14. The standard InChI is InChI=1S/C21H26N4O3/c1-13(2)21(6,12-22)23-19(26)16(5)28-20(27)18-14(3)24-25(15(18)4)17-10-8-7-9-11-17/h7-11,13,16H,1-6H3,(H,23,26)/t16-,21+/m0/s1. The number of rotatable bonds is 6. The van der Waals surface area contributed by atoms with Crippen molar-refractivity contribution >= 4 is 11.9 Å². The fourth-order valence-electron chi connectivity index (χ4n) is 2.69. The highest BCUT2D eigenvalue weighted by Gasteiger charge is 2.33. The van der Waals surface area contributed by atoms with E-state index in [1.165, 1.54) is 6.92 Å². The molecule has 7 heteroatoms. The molecule has 148 valence electrons. The van der Waals surface area contributed by atoms with Gasteiger partial charge in [0, 0.05) is 0 Å². The van der Waals surface area contributed by atoms with Crippen molar-refractivity contribution in [2.24, 2.45) is 5.92 Å². The first-order chi connectivity index (χ1) is 13.1. The summed E-state index contributed by atoms with van der Waals surface area (Å²) in [7, 11) is 0. The second-order valence-corrected chi connectivity index (χ2v) is 7.30. The largest absolute Gasteiger partial charge is 0.449 e. The lowest BCUT2D eigenvalue weighted by Gasteiger charge is -2.28. The van der Waals surface area contributed by atoms with Gasteiger partial charge in [-0.1, -0.05) is 32.0 Å². The van der Waals surface area contributed by atoms with Gasteiger partial charge < -0.3 is 10.1 Å². The quantitative estimate of drug-likeness (QED) is 0.774. The summed E-state index contributed by atoms with van der Waals surface area (Å²) in [5, 5.41) is 16.4. The van der Waals surface area contributed by atoms with Crippen LogP contribution < -0.4 is 5.32 Å². The number of benzene rings is 1. The number of nitriles is 1. The number of esters is 1. The Kier molecular flexibility index (Phi) is 6.24. The molecule has 0 bridgehead atoms. The van der Waals surface area contributed by atoms with Gasteiger partial charge in [-0.25, -0.2) is 9.48 Å². The van der Waals surface area contributed by atoms with E-state index in [-0.39, 0.29) is 5.92 Å². The molecule has 0 saturated carbocycles. The van der Waals surface area contributed by atoms with E-state index in [1.54, 1.807) is 25.5 Å². The van der Waals surface area contributed by atoms with Crippen LogP contribution in [0.2, 0.25) is 0 Å². The predicted molar refractivity (Wildman–Crippen MR) is 105 cm³/mol. The van der Waals surface area contributed by atoms with Gasteiger partial charge in [0.2, 0.25) is 0 Å². The maximum Gasteiger partial charge on any atom is 0.342 e. The van der Waals surface area contributed by atoms with Gasteiger partial charge in [-0.3, -0.25) is 4.79 Å². The SMILES string of the molecule is Cc1nn(-c2ccccc2)c(C)c1C(=O)O[C@@H](C)C(=O)N[C@](C)(C#N)C(C)C. The Labute approximate surface area is 165 Å². The van der Waals surface area contributed by atoms with E-state index < -0.39 is 23.5 Å². The number of amides is 1. The van der Waals surface area contributed by atoms with Gasteiger partial charge in [0.25, 0.3) is 5.91 Å². The van der Waals surface area contributed by atoms with Crippen LogP contribution in [0, 0.1) is 31.1 Å². The van der Waals surface area contributed by atoms with Crippen LogP contribution in [0.25, 0.3) is 5.69 Å². The number of hydrogen-bond donors (Lipinski definition) is 1. The predicted octanol–water partition coefficient (Wildman–Crippen LogP) is 3.09. The van der Waals surface area contributed by atoms with Crippen molar-refractivity contribution in [3.63, 3.8) is 0 Å². The van der Waals surface area contributed by atoms with Crippen LogP contribution in [0.1, 0.15) is 49.4 Å². The number of ether oxygens (including phenoxy) is 1. The number of hydrogen-bond acceptors (Lipinski definition) is 5. The number of carbonyl (C=O) groups excluding carboxylic acids is 2. The lowest BCUT2D eigenvalue weighted by atomic mass is 9.90. The first-order valence-electron chi connectivity index (χ1n) is 9.16. The molecule has 1 amide bonds. The zero-order valence-corrected chi connectivity index (χ0v) is 17.1. The molecule has 0 saturated heterocycles. The second kappa shape index (κ2) is 8.26. The van der Waals surface area contributed by atoms with E-state index >= 15 is 0 Å². The molecule has 0 fully saturated rings. The van der Waals surface area contributed by atoms with Crippen molar-refractivity contribution < 1.29 is 14.3 Å². The number of nitrogens with zero attached hydrogens (tertiary/aromatic N) is 3. The maximum atomic E-state index is 12.7. The van der Waals surface area contributed by atoms with Crippen molar-refractivity contribution in [2.75, 3.05) is 0 Å². The number of aromatic nitrogens is 2. The normalized spacial score (nSPS) is 14.1. The molecule has 0 unspecified atom stereocenters. The fraction of sp³-hybridized carbons (Fsp3) is 0.429. The molecular weight excluding hydrogens is 356 g/mol. The summed E-state index contributed by atoms with van der Waals surface area (Å²) in [6, 6.07) is 11.6. The van der Waals surface area contributed by atoms with Gasteiger partial charge in [-0.15, -0.1) is 0 Å². The second-order valence-electron chi connectivity index (χ2n) is 7.30. The van der Waals surface area contributed by atoms with Crippen LogP contribution in [0.4, 0.5) is 0 Å². The van der Waals surface area contributed by atoms with Crippen LogP contribution in [0.5, 0.6) is 0 Å². The van der Waals surface area contributed by atoms with Crippen molar-refractivity contribution in [3.05, 3.63) is 47.3 Å². The van der Waals surface area contributed by atoms with E-state index in [0.29, 0.717) is 17.0 Å². The summed E-state index contributed by atoms with van der Waals surface area (Å²) in [5.41, 5.74) is 1.26. The van der Waals surface area contributed by atoms with Crippen LogP contribution in [0.15, 0.2) is 30.3 Å². The number of nitrogens with one attached hydrogen (secondary N) is 1. The first kappa shape index (κ1) is 21.2. The van der Waals surface area contributed by atoms with Gasteiger partial charge in [0.15, 0.2) is 6.10 Å². The molecule has 0 radical (unpaired) electrons. The summed E-state index contributed by atoms with van der Waals surface area (Å²) in [4.78, 5) is 25.1. The molecule has 7 nitrogen and oxygen atoms in total. The van der Waals surface area contributed by atoms with Gasteiger partial charge in [0.05, 0.1) is 23.1 Å². The summed E-state index contributed by atoms with van der Waals surface area (Å²) in [6.07, 6.45) is -1.04. The van der Waals surface area contributed by atoms with Crippen LogP contribution >= 0.6 is 0 Å². The molecule has 2 aromatic rings. The average Bonchev–Trinajstić information content (AvgIpc) is 2.96. The minimum absolute atomic E-state index is 0.0991. The molecule has 0 aliphatic rings. The van der Waals surface area contributed by atoms with E-state index in [0.717, 1.165) is 5.69 Å². The van der Waals surface area contributed by atoms with Crippen molar-refractivity contribution in [1.82, 2.24) is 15.1 Å². The molecular formula is C21H26N4O3. The van der Waals surface area contributed by atoms with Gasteiger partial charge >= 0.3 is 5.97 Å². The number of para-hydroxylation sites is 1. The molecule has 2 rings (SSSR count). The maximum absolute atomic E-state index is 12.7. The van der Waals surface area contributed by atoms with Crippen LogP contribution in [-0.2, 0) is 9.53 Å². The summed E-state index contributed by atoms with van der Waals surface area (Å²) < 4.78 is 7.03. The molecule has 1 heterocycles. The Morgan fingerprint density at radius 1 is 1.21 bits per heavy atom. The fourth-order valence-corrected chi connectivity index (χ4v) is 2.69. The Balaban J connectivity index is 2.18. The van der Waals surface area contributed by atoms with Gasteiger partial charge in [-0.05, 0) is 45.7 Å². The Morgan fingerprint density at radius 3 is 2.36 bits per heavy atom. The molecule has 1 aromatic heterocycles. The summed E-state index contributed by atoms with van der Waals surface area (Å²) in [6.45, 7) is 10.3. The first-order valence-corrected chi connectivity index (χ1v) is 9.16.